The second-order valence-corrected chi connectivity index (χ2v) is 1.86. The van der Waals surface area contributed by atoms with Gasteiger partial charge < -0.3 is 4.98 Å². The summed E-state index contributed by atoms with van der Waals surface area (Å²) in [5, 5.41) is 0. The van der Waals surface area contributed by atoms with Crippen molar-refractivity contribution < 1.29 is 4.79 Å². The molecule has 0 fully saturated rings. The Morgan fingerprint density at radius 2 is 2.40 bits per heavy atom. The zero-order chi connectivity index (χ0) is 7.56. The first-order valence-electron chi connectivity index (χ1n) is 2.75. The summed E-state index contributed by atoms with van der Waals surface area (Å²) in [6.07, 6.45) is 1.87. The molecular formula is C6H6N2O2. The van der Waals surface area contributed by atoms with Gasteiger partial charge in [0.25, 0.3) is 5.56 Å². The van der Waals surface area contributed by atoms with Gasteiger partial charge in [0, 0.05) is 6.20 Å². The largest absolute Gasteiger partial charge is 0.325 e. The van der Waals surface area contributed by atoms with E-state index in [0.29, 0.717) is 12.0 Å². The monoisotopic (exact) mass is 138 g/mol. The van der Waals surface area contributed by atoms with E-state index in [9.17, 15) is 9.59 Å². The van der Waals surface area contributed by atoms with Crippen LogP contribution in [0.15, 0.2) is 11.0 Å². The molecule has 4 nitrogen and oxygen atoms in total. The lowest BCUT2D eigenvalue weighted by Crippen LogP contribution is -2.12. The predicted octanol–water partition coefficient (Wildman–Crippen LogP) is -0.109. The van der Waals surface area contributed by atoms with Crippen LogP contribution in [0.3, 0.4) is 0 Å². The third kappa shape index (κ3) is 1.10. The molecule has 1 heterocycles. The number of nitrogens with one attached hydrogen (secondary N) is 1. The molecule has 52 valence electrons. The molecule has 0 aliphatic carbocycles. The van der Waals surface area contributed by atoms with E-state index in [2.05, 4.69) is 9.97 Å². The van der Waals surface area contributed by atoms with E-state index in [0.717, 1.165) is 0 Å². The Balaban J connectivity index is 3.29. The van der Waals surface area contributed by atoms with Crippen molar-refractivity contribution in [3.63, 3.8) is 0 Å². The van der Waals surface area contributed by atoms with Crippen molar-refractivity contribution in [3.8, 4) is 0 Å². The topological polar surface area (TPSA) is 62.8 Å². The molecule has 1 aromatic rings. The maximum absolute atomic E-state index is 10.7. The lowest BCUT2D eigenvalue weighted by atomic mass is 10.4. The Morgan fingerprint density at radius 1 is 1.70 bits per heavy atom. The van der Waals surface area contributed by atoms with Gasteiger partial charge in [-0.2, -0.15) is 0 Å². The highest BCUT2D eigenvalue weighted by molar-refractivity contribution is 5.70. The van der Waals surface area contributed by atoms with Crippen LogP contribution in [0.25, 0.3) is 0 Å². The highest BCUT2D eigenvalue weighted by atomic mass is 16.1. The Hall–Kier alpha value is -1.45. The van der Waals surface area contributed by atoms with Gasteiger partial charge in [0.15, 0.2) is 6.29 Å². The number of aryl methyl sites for hydroxylation is 1. The van der Waals surface area contributed by atoms with Crippen LogP contribution in [0, 0.1) is 6.92 Å². The van der Waals surface area contributed by atoms with Crippen molar-refractivity contribution >= 4 is 6.29 Å². The highest BCUT2D eigenvalue weighted by Crippen LogP contribution is 1.83. The van der Waals surface area contributed by atoms with Crippen LogP contribution in [-0.4, -0.2) is 16.3 Å². The minimum absolute atomic E-state index is 0.247. The van der Waals surface area contributed by atoms with Crippen LogP contribution in [0.4, 0.5) is 0 Å². The lowest BCUT2D eigenvalue weighted by Gasteiger charge is -1.89. The van der Waals surface area contributed by atoms with Crippen LogP contribution in [0.1, 0.15) is 16.2 Å². The highest BCUT2D eigenvalue weighted by Gasteiger charge is 1.94. The third-order valence-electron chi connectivity index (χ3n) is 1.10. The van der Waals surface area contributed by atoms with Crippen LogP contribution < -0.4 is 5.56 Å². The number of aromatic amines is 1. The summed E-state index contributed by atoms with van der Waals surface area (Å²) in [5.74, 6) is 0. The van der Waals surface area contributed by atoms with E-state index in [1.54, 1.807) is 6.92 Å². The zero-order valence-corrected chi connectivity index (χ0v) is 5.42. The zero-order valence-electron chi connectivity index (χ0n) is 5.42. The number of rotatable bonds is 1. The molecule has 0 bridgehead atoms. The lowest BCUT2D eigenvalue weighted by molar-refractivity contribution is 0.111. The molecule has 0 aliphatic heterocycles. The van der Waals surface area contributed by atoms with Crippen LogP contribution >= 0.6 is 0 Å². The molecule has 0 amide bonds. The van der Waals surface area contributed by atoms with Gasteiger partial charge in [-0.15, -0.1) is 0 Å². The summed E-state index contributed by atoms with van der Waals surface area (Å²) in [5.41, 5.74) is 0.298. The molecule has 0 aliphatic rings. The normalized spacial score (nSPS) is 9.30. The molecule has 0 radical (unpaired) electrons. The van der Waals surface area contributed by atoms with Gasteiger partial charge in [0.05, 0.1) is 0 Å². The van der Waals surface area contributed by atoms with Gasteiger partial charge >= 0.3 is 0 Å². The molecule has 1 N–H and O–H groups in total. The first-order chi connectivity index (χ1) is 4.74. The fourth-order valence-electron chi connectivity index (χ4n) is 0.581. The molecular weight excluding hydrogens is 132 g/mol. The summed E-state index contributed by atoms with van der Waals surface area (Å²) in [6, 6.07) is 0. The molecule has 1 aromatic heterocycles. The number of nitrogens with zero attached hydrogens (tertiary/aromatic N) is 1. The SMILES string of the molecule is Cc1nc(C=O)c[nH]c1=O. The number of carbonyl (C=O) groups is 1. The molecule has 0 spiro atoms. The maximum Gasteiger partial charge on any atom is 0.269 e. The van der Waals surface area contributed by atoms with E-state index in [1.165, 1.54) is 6.20 Å². The smallest absolute Gasteiger partial charge is 0.269 e. The van der Waals surface area contributed by atoms with Gasteiger partial charge in [-0.3, -0.25) is 9.59 Å². The third-order valence-corrected chi connectivity index (χ3v) is 1.10. The van der Waals surface area contributed by atoms with Gasteiger partial charge in [-0.25, -0.2) is 4.98 Å². The van der Waals surface area contributed by atoms with Crippen molar-refractivity contribution in [2.45, 2.75) is 6.92 Å². The number of hydrogen-bond donors (Lipinski definition) is 1. The molecule has 0 saturated heterocycles. The number of carbonyl (C=O) groups excluding carboxylic acids is 1. The predicted molar refractivity (Wildman–Crippen MR) is 35.0 cm³/mol. The molecule has 0 saturated carbocycles. The van der Waals surface area contributed by atoms with Crippen molar-refractivity contribution in [2.24, 2.45) is 0 Å². The van der Waals surface area contributed by atoms with Crippen molar-refractivity contribution in [3.05, 3.63) is 27.9 Å². The Morgan fingerprint density at radius 3 is 2.90 bits per heavy atom. The summed E-state index contributed by atoms with van der Waals surface area (Å²) in [7, 11) is 0. The Kier molecular flexibility index (Phi) is 1.62. The fourth-order valence-corrected chi connectivity index (χ4v) is 0.581. The van der Waals surface area contributed by atoms with E-state index < -0.39 is 0 Å². The quantitative estimate of drug-likeness (QED) is 0.551. The maximum atomic E-state index is 10.7. The van der Waals surface area contributed by atoms with Crippen LogP contribution in [0.2, 0.25) is 0 Å². The molecule has 0 unspecified atom stereocenters. The summed E-state index contributed by atoms with van der Waals surface area (Å²) in [6.45, 7) is 1.55. The summed E-state index contributed by atoms with van der Waals surface area (Å²) < 4.78 is 0. The van der Waals surface area contributed by atoms with Crippen molar-refractivity contribution in [1.29, 1.82) is 0 Å². The summed E-state index contributed by atoms with van der Waals surface area (Å²) in [4.78, 5) is 26.8. The van der Waals surface area contributed by atoms with E-state index in [4.69, 9.17) is 0 Å². The van der Waals surface area contributed by atoms with Gasteiger partial charge in [0.1, 0.15) is 11.4 Å². The summed E-state index contributed by atoms with van der Waals surface area (Å²) >= 11 is 0. The van der Waals surface area contributed by atoms with E-state index in [-0.39, 0.29) is 11.3 Å². The molecule has 10 heavy (non-hydrogen) atoms. The van der Waals surface area contributed by atoms with Crippen molar-refractivity contribution in [1.82, 2.24) is 9.97 Å². The number of aldehydes is 1. The second kappa shape index (κ2) is 2.43. The Bertz CT molecular complexity index is 303. The average Bonchev–Trinajstić information content (AvgIpc) is 1.95. The van der Waals surface area contributed by atoms with Gasteiger partial charge in [-0.05, 0) is 6.92 Å². The number of hydrogen-bond acceptors (Lipinski definition) is 3. The first kappa shape index (κ1) is 6.67. The standard InChI is InChI=1S/C6H6N2O2/c1-4-6(10)7-2-5(3-9)8-4/h2-3H,1H3,(H,7,10). The van der Waals surface area contributed by atoms with Gasteiger partial charge in [0.2, 0.25) is 0 Å². The number of H-pyrrole nitrogens is 1. The molecule has 1 rings (SSSR count). The van der Waals surface area contributed by atoms with Gasteiger partial charge in [-0.1, -0.05) is 0 Å². The molecule has 0 aromatic carbocycles. The van der Waals surface area contributed by atoms with E-state index in [1.807, 2.05) is 0 Å². The van der Waals surface area contributed by atoms with Crippen molar-refractivity contribution in [2.75, 3.05) is 0 Å². The minimum Gasteiger partial charge on any atom is -0.325 e. The molecule has 0 atom stereocenters. The van der Waals surface area contributed by atoms with E-state index >= 15 is 0 Å². The second-order valence-electron chi connectivity index (χ2n) is 1.86. The first-order valence-corrected chi connectivity index (χ1v) is 2.75. The average molecular weight is 138 g/mol. The molecule has 4 heteroatoms. The number of aromatic nitrogens is 2. The van der Waals surface area contributed by atoms with Crippen LogP contribution in [-0.2, 0) is 0 Å². The van der Waals surface area contributed by atoms with Crippen LogP contribution in [0.5, 0.6) is 0 Å². The fraction of sp³-hybridized carbons (Fsp3) is 0.167. The minimum atomic E-state index is -0.259. The Labute approximate surface area is 56.9 Å².